The zero-order valence-electron chi connectivity index (χ0n) is 6.75. The second-order valence-electron chi connectivity index (χ2n) is 2.74. The Morgan fingerprint density at radius 3 is 3.18 bits per heavy atom. The number of ether oxygens (including phenoxy) is 1. The summed E-state index contributed by atoms with van der Waals surface area (Å²) in [7, 11) is 1.75. The maximum absolute atomic E-state index is 10.2. The minimum absolute atomic E-state index is 0.166. The van der Waals surface area contributed by atoms with Crippen molar-refractivity contribution in [1.29, 1.82) is 0 Å². The second kappa shape index (κ2) is 4.31. The maximum atomic E-state index is 10.2. The van der Waals surface area contributed by atoms with Gasteiger partial charge in [-0.05, 0) is 0 Å². The van der Waals surface area contributed by atoms with E-state index in [1.807, 2.05) is 0 Å². The molecule has 0 aromatic heterocycles. The summed E-state index contributed by atoms with van der Waals surface area (Å²) in [5, 5.41) is 3.20. The summed E-state index contributed by atoms with van der Waals surface area (Å²) >= 11 is 0. The molecule has 0 saturated carbocycles. The molecule has 64 valence electrons. The number of nitrogens with one attached hydrogen (secondary N) is 1. The predicted molar refractivity (Wildman–Crippen MR) is 41.3 cm³/mol. The van der Waals surface area contributed by atoms with Gasteiger partial charge in [0.2, 0.25) is 6.41 Å². The number of amides is 1. The fourth-order valence-corrected chi connectivity index (χ4v) is 1.10. The van der Waals surface area contributed by atoms with Crippen LogP contribution in [0, 0.1) is 0 Å². The van der Waals surface area contributed by atoms with Crippen molar-refractivity contribution in [3.05, 3.63) is 0 Å². The molecular formula is C7H14N2O2. The van der Waals surface area contributed by atoms with Crippen LogP contribution in [0.4, 0.5) is 0 Å². The van der Waals surface area contributed by atoms with Crippen LogP contribution < -0.4 is 5.32 Å². The van der Waals surface area contributed by atoms with Crippen molar-refractivity contribution >= 4 is 6.41 Å². The van der Waals surface area contributed by atoms with Crippen molar-refractivity contribution in [1.82, 2.24) is 10.2 Å². The summed E-state index contributed by atoms with van der Waals surface area (Å²) in [5.41, 5.74) is 0. The van der Waals surface area contributed by atoms with Crippen LogP contribution >= 0.6 is 0 Å². The van der Waals surface area contributed by atoms with Gasteiger partial charge in [0.15, 0.2) is 0 Å². The molecule has 0 aliphatic carbocycles. The first-order chi connectivity index (χ1) is 5.33. The van der Waals surface area contributed by atoms with Gasteiger partial charge in [0.05, 0.1) is 12.7 Å². The van der Waals surface area contributed by atoms with Crippen molar-refractivity contribution in [2.24, 2.45) is 0 Å². The normalized spacial score (nSPS) is 24.6. The molecule has 1 heterocycles. The quantitative estimate of drug-likeness (QED) is 0.539. The van der Waals surface area contributed by atoms with E-state index in [-0.39, 0.29) is 6.10 Å². The largest absolute Gasteiger partial charge is 0.374 e. The van der Waals surface area contributed by atoms with Gasteiger partial charge in [-0.25, -0.2) is 0 Å². The SMILES string of the molecule is CN(C=O)C[C@@H]1CNCCO1. The third kappa shape index (κ3) is 2.86. The Bertz CT molecular complexity index is 124. The first-order valence-electron chi connectivity index (χ1n) is 3.81. The Balaban J connectivity index is 2.18. The molecule has 4 heteroatoms. The fraction of sp³-hybridized carbons (Fsp3) is 0.857. The summed E-state index contributed by atoms with van der Waals surface area (Å²) in [4.78, 5) is 11.8. The van der Waals surface area contributed by atoms with Crippen LogP contribution in [0.25, 0.3) is 0 Å². The molecule has 1 aliphatic rings. The zero-order valence-corrected chi connectivity index (χ0v) is 6.75. The van der Waals surface area contributed by atoms with Gasteiger partial charge >= 0.3 is 0 Å². The molecule has 1 aliphatic heterocycles. The topological polar surface area (TPSA) is 41.6 Å². The van der Waals surface area contributed by atoms with Gasteiger partial charge in [-0.2, -0.15) is 0 Å². The number of carbonyl (C=O) groups excluding carboxylic acids is 1. The Hall–Kier alpha value is -0.610. The molecule has 0 aromatic carbocycles. The molecule has 0 bridgehead atoms. The molecule has 11 heavy (non-hydrogen) atoms. The predicted octanol–water partition coefficient (Wildman–Crippen LogP) is -0.937. The summed E-state index contributed by atoms with van der Waals surface area (Å²) in [5.74, 6) is 0. The first kappa shape index (κ1) is 8.49. The molecule has 1 amide bonds. The van der Waals surface area contributed by atoms with Crippen molar-refractivity contribution in [2.45, 2.75) is 6.10 Å². The smallest absolute Gasteiger partial charge is 0.209 e. The molecule has 1 rings (SSSR count). The van der Waals surface area contributed by atoms with Crippen LogP contribution in [0.2, 0.25) is 0 Å². The number of likely N-dealkylation sites (N-methyl/N-ethyl adjacent to an activating group) is 1. The number of hydrogen-bond donors (Lipinski definition) is 1. The summed E-state index contributed by atoms with van der Waals surface area (Å²) in [6.07, 6.45) is 0.983. The number of rotatable bonds is 3. The average Bonchev–Trinajstić information content (AvgIpc) is 2.06. The fourth-order valence-electron chi connectivity index (χ4n) is 1.10. The standard InChI is InChI=1S/C7H14N2O2/c1-9(6-10)5-7-4-8-2-3-11-7/h6-8H,2-5H2,1H3/t7-/m0/s1. The van der Waals surface area contributed by atoms with E-state index in [1.54, 1.807) is 11.9 Å². The Kier molecular flexibility index (Phi) is 3.32. The van der Waals surface area contributed by atoms with E-state index in [0.717, 1.165) is 26.1 Å². The van der Waals surface area contributed by atoms with Gasteiger partial charge in [-0.1, -0.05) is 0 Å². The number of nitrogens with zero attached hydrogens (tertiary/aromatic N) is 1. The average molecular weight is 158 g/mol. The third-order valence-corrected chi connectivity index (χ3v) is 1.68. The van der Waals surface area contributed by atoms with Crippen molar-refractivity contribution in [3.8, 4) is 0 Å². The highest BCUT2D eigenvalue weighted by atomic mass is 16.5. The van der Waals surface area contributed by atoms with Gasteiger partial charge in [0.1, 0.15) is 0 Å². The van der Waals surface area contributed by atoms with Crippen molar-refractivity contribution in [3.63, 3.8) is 0 Å². The molecular weight excluding hydrogens is 144 g/mol. The highest BCUT2D eigenvalue weighted by Crippen LogP contribution is 1.96. The van der Waals surface area contributed by atoms with Crippen molar-refractivity contribution < 1.29 is 9.53 Å². The monoisotopic (exact) mass is 158 g/mol. The van der Waals surface area contributed by atoms with Crippen molar-refractivity contribution in [2.75, 3.05) is 33.3 Å². The molecule has 0 spiro atoms. The van der Waals surface area contributed by atoms with E-state index in [4.69, 9.17) is 4.74 Å². The highest BCUT2D eigenvalue weighted by Gasteiger charge is 2.13. The molecule has 1 fully saturated rings. The minimum Gasteiger partial charge on any atom is -0.374 e. The lowest BCUT2D eigenvalue weighted by molar-refractivity contribution is -0.119. The molecule has 0 aromatic rings. The molecule has 1 saturated heterocycles. The molecule has 4 nitrogen and oxygen atoms in total. The van der Waals surface area contributed by atoms with Crippen LogP contribution in [-0.4, -0.2) is 50.7 Å². The zero-order chi connectivity index (χ0) is 8.10. The number of carbonyl (C=O) groups is 1. The van der Waals surface area contributed by atoms with Crippen LogP contribution in [0.15, 0.2) is 0 Å². The lowest BCUT2D eigenvalue weighted by Gasteiger charge is -2.25. The van der Waals surface area contributed by atoms with Crippen LogP contribution in [0.5, 0.6) is 0 Å². The Morgan fingerprint density at radius 1 is 1.82 bits per heavy atom. The van der Waals surface area contributed by atoms with Gasteiger partial charge in [-0.3, -0.25) is 4.79 Å². The molecule has 1 N–H and O–H groups in total. The summed E-state index contributed by atoms with van der Waals surface area (Å²) in [6, 6.07) is 0. The van der Waals surface area contributed by atoms with Gasteiger partial charge in [0, 0.05) is 26.7 Å². The second-order valence-corrected chi connectivity index (χ2v) is 2.74. The van der Waals surface area contributed by atoms with E-state index < -0.39 is 0 Å². The molecule has 0 unspecified atom stereocenters. The van der Waals surface area contributed by atoms with E-state index in [1.165, 1.54) is 0 Å². The lowest BCUT2D eigenvalue weighted by Crippen LogP contribution is -2.44. The third-order valence-electron chi connectivity index (χ3n) is 1.68. The van der Waals surface area contributed by atoms with Gasteiger partial charge in [-0.15, -0.1) is 0 Å². The number of morpholine rings is 1. The van der Waals surface area contributed by atoms with Gasteiger partial charge < -0.3 is 15.0 Å². The van der Waals surface area contributed by atoms with E-state index in [0.29, 0.717) is 6.54 Å². The summed E-state index contributed by atoms with van der Waals surface area (Å²) in [6.45, 7) is 3.19. The molecule has 1 atom stereocenters. The lowest BCUT2D eigenvalue weighted by atomic mass is 10.3. The van der Waals surface area contributed by atoms with Gasteiger partial charge in [0.25, 0.3) is 0 Å². The van der Waals surface area contributed by atoms with E-state index in [2.05, 4.69) is 5.32 Å². The van der Waals surface area contributed by atoms with E-state index >= 15 is 0 Å². The Morgan fingerprint density at radius 2 is 2.64 bits per heavy atom. The van der Waals surface area contributed by atoms with Crippen LogP contribution in [0.1, 0.15) is 0 Å². The van der Waals surface area contributed by atoms with E-state index in [9.17, 15) is 4.79 Å². The molecule has 0 radical (unpaired) electrons. The maximum Gasteiger partial charge on any atom is 0.209 e. The Labute approximate surface area is 66.5 Å². The highest BCUT2D eigenvalue weighted by molar-refractivity contribution is 5.46. The van der Waals surface area contributed by atoms with Crippen LogP contribution in [0.3, 0.4) is 0 Å². The summed E-state index contributed by atoms with van der Waals surface area (Å²) < 4.78 is 5.39. The first-order valence-corrected chi connectivity index (χ1v) is 3.81. The van der Waals surface area contributed by atoms with Crippen LogP contribution in [-0.2, 0) is 9.53 Å². The minimum atomic E-state index is 0.166. The number of hydrogen-bond acceptors (Lipinski definition) is 3.